The van der Waals surface area contributed by atoms with Crippen LogP contribution in [0.1, 0.15) is 33.1 Å². The van der Waals surface area contributed by atoms with Gasteiger partial charge in [0.15, 0.2) is 11.5 Å². The van der Waals surface area contributed by atoms with Gasteiger partial charge in [-0.15, -0.1) is 15.3 Å². The zero-order valence-corrected chi connectivity index (χ0v) is 18.1. The van der Waals surface area contributed by atoms with Crippen LogP contribution in [-0.4, -0.2) is 45.4 Å². The summed E-state index contributed by atoms with van der Waals surface area (Å²) >= 11 is 6.35. The monoisotopic (exact) mass is 426 g/mol. The number of rotatable bonds is 6. The number of amides is 1. The lowest BCUT2D eigenvalue weighted by molar-refractivity contribution is -0.125. The number of carbonyl (C=O) groups is 1. The van der Waals surface area contributed by atoms with Crippen LogP contribution in [0, 0.1) is 11.8 Å². The lowest BCUT2D eigenvalue weighted by Gasteiger charge is -2.32. The molecule has 0 bridgehead atoms. The maximum atomic E-state index is 12.4. The van der Waals surface area contributed by atoms with Crippen LogP contribution >= 0.6 is 11.6 Å². The predicted octanol–water partition coefficient (Wildman–Crippen LogP) is 3.82. The zero-order chi connectivity index (χ0) is 21.1. The number of piperidine rings is 1. The van der Waals surface area contributed by atoms with Crippen LogP contribution < -0.4 is 10.2 Å². The van der Waals surface area contributed by atoms with E-state index in [1.54, 1.807) is 4.52 Å². The van der Waals surface area contributed by atoms with Crippen molar-refractivity contribution in [1.82, 2.24) is 25.1 Å². The minimum atomic E-state index is 0.0748. The fourth-order valence-corrected chi connectivity index (χ4v) is 3.98. The second-order valence-corrected chi connectivity index (χ2v) is 8.61. The Balaban J connectivity index is 1.45. The molecule has 4 rings (SSSR count). The first-order chi connectivity index (χ1) is 14.5. The number of hydrogen-bond donors (Lipinski definition) is 1. The molecule has 7 nitrogen and oxygen atoms in total. The number of aromatic nitrogens is 4. The molecule has 0 spiro atoms. The highest BCUT2D eigenvalue weighted by Gasteiger charge is 2.26. The molecule has 0 aliphatic carbocycles. The summed E-state index contributed by atoms with van der Waals surface area (Å²) < 4.78 is 1.74. The lowest BCUT2D eigenvalue weighted by atomic mass is 9.96. The Labute approximate surface area is 181 Å². The van der Waals surface area contributed by atoms with Gasteiger partial charge in [0.05, 0.1) is 5.02 Å². The molecule has 0 radical (unpaired) electrons. The Hall–Kier alpha value is -2.67. The van der Waals surface area contributed by atoms with E-state index < -0.39 is 0 Å². The molecule has 1 aliphatic rings. The molecule has 158 valence electrons. The van der Waals surface area contributed by atoms with Gasteiger partial charge in [-0.1, -0.05) is 37.6 Å². The topological polar surface area (TPSA) is 75.4 Å². The van der Waals surface area contributed by atoms with Crippen LogP contribution in [0.4, 0.5) is 5.82 Å². The zero-order valence-electron chi connectivity index (χ0n) is 17.4. The van der Waals surface area contributed by atoms with Crippen molar-refractivity contribution in [2.24, 2.45) is 11.8 Å². The van der Waals surface area contributed by atoms with Gasteiger partial charge in [-0.2, -0.15) is 4.52 Å². The average molecular weight is 427 g/mol. The van der Waals surface area contributed by atoms with E-state index in [0.29, 0.717) is 22.4 Å². The minimum absolute atomic E-state index is 0.0748. The number of fused-ring (bicyclic) bond motifs is 1. The van der Waals surface area contributed by atoms with E-state index >= 15 is 0 Å². The molecule has 1 fully saturated rings. The van der Waals surface area contributed by atoms with Crippen LogP contribution in [0.25, 0.3) is 17.0 Å². The summed E-state index contributed by atoms with van der Waals surface area (Å²) in [5.74, 6) is 2.33. The molecule has 3 aromatic rings. The number of carbonyl (C=O) groups excluding carboxylic acids is 1. The fraction of sp³-hybridized carbons (Fsp3) is 0.455. The van der Waals surface area contributed by atoms with Crippen LogP contribution in [0.3, 0.4) is 0 Å². The van der Waals surface area contributed by atoms with Crippen molar-refractivity contribution in [1.29, 1.82) is 0 Å². The molecule has 1 aromatic carbocycles. The Morgan fingerprint density at radius 3 is 2.67 bits per heavy atom. The first kappa shape index (κ1) is 20.6. The summed E-state index contributed by atoms with van der Waals surface area (Å²) in [6.07, 6.45) is 2.67. The van der Waals surface area contributed by atoms with Crippen molar-refractivity contribution in [2.75, 3.05) is 24.5 Å². The highest BCUT2D eigenvalue weighted by Crippen LogP contribution is 2.27. The van der Waals surface area contributed by atoms with Gasteiger partial charge in [0.25, 0.3) is 0 Å². The Kier molecular flexibility index (Phi) is 6.18. The van der Waals surface area contributed by atoms with Crippen molar-refractivity contribution in [2.45, 2.75) is 33.1 Å². The maximum absolute atomic E-state index is 12.4. The van der Waals surface area contributed by atoms with Crippen LogP contribution in [-0.2, 0) is 4.79 Å². The third-order valence-electron chi connectivity index (χ3n) is 5.57. The summed E-state index contributed by atoms with van der Waals surface area (Å²) in [6.45, 7) is 6.69. The average Bonchev–Trinajstić information content (AvgIpc) is 3.17. The van der Waals surface area contributed by atoms with Crippen molar-refractivity contribution in [3.8, 4) is 11.4 Å². The summed E-state index contributed by atoms with van der Waals surface area (Å²) in [4.78, 5) is 14.6. The van der Waals surface area contributed by atoms with Gasteiger partial charge in [0, 0.05) is 31.1 Å². The second-order valence-electron chi connectivity index (χ2n) is 8.20. The molecule has 8 heteroatoms. The summed E-state index contributed by atoms with van der Waals surface area (Å²) in [5.41, 5.74) is 1.47. The smallest absolute Gasteiger partial charge is 0.223 e. The minimum Gasteiger partial charge on any atom is -0.356 e. The highest BCUT2D eigenvalue weighted by atomic mass is 35.5. The van der Waals surface area contributed by atoms with E-state index in [1.807, 2.05) is 36.4 Å². The number of benzene rings is 1. The SMILES string of the molecule is CC(C)CCNC(=O)C1CCN(c2ccc3nnc(-c4ccccc4Cl)n3n2)CC1. The number of nitrogens with zero attached hydrogens (tertiary/aromatic N) is 5. The molecule has 3 heterocycles. The molecule has 0 unspecified atom stereocenters. The Morgan fingerprint density at radius 2 is 1.93 bits per heavy atom. The normalized spacial score (nSPS) is 15.1. The molecular formula is C22H27ClN6O. The molecule has 0 atom stereocenters. The van der Waals surface area contributed by atoms with E-state index in [2.05, 4.69) is 34.3 Å². The van der Waals surface area contributed by atoms with Crippen LogP contribution in [0.15, 0.2) is 36.4 Å². The largest absolute Gasteiger partial charge is 0.356 e. The van der Waals surface area contributed by atoms with E-state index in [9.17, 15) is 4.79 Å². The number of hydrogen-bond acceptors (Lipinski definition) is 5. The van der Waals surface area contributed by atoms with Gasteiger partial charge in [0.2, 0.25) is 5.91 Å². The van der Waals surface area contributed by atoms with Gasteiger partial charge < -0.3 is 10.2 Å². The lowest BCUT2D eigenvalue weighted by Crippen LogP contribution is -2.41. The highest BCUT2D eigenvalue weighted by molar-refractivity contribution is 6.33. The van der Waals surface area contributed by atoms with E-state index in [1.165, 1.54) is 0 Å². The third kappa shape index (κ3) is 4.41. The molecule has 1 saturated heterocycles. The van der Waals surface area contributed by atoms with Gasteiger partial charge in [0.1, 0.15) is 5.82 Å². The van der Waals surface area contributed by atoms with E-state index in [-0.39, 0.29) is 11.8 Å². The summed E-state index contributed by atoms with van der Waals surface area (Å²) in [5, 5.41) is 17.0. The number of halogens is 1. The van der Waals surface area contributed by atoms with E-state index in [0.717, 1.165) is 50.3 Å². The van der Waals surface area contributed by atoms with Gasteiger partial charge in [-0.25, -0.2) is 0 Å². The van der Waals surface area contributed by atoms with Crippen molar-refractivity contribution in [3.05, 3.63) is 41.4 Å². The third-order valence-corrected chi connectivity index (χ3v) is 5.90. The van der Waals surface area contributed by atoms with Crippen LogP contribution in [0.2, 0.25) is 5.02 Å². The van der Waals surface area contributed by atoms with Gasteiger partial charge in [-0.3, -0.25) is 4.79 Å². The Morgan fingerprint density at radius 1 is 1.17 bits per heavy atom. The number of anilines is 1. The summed E-state index contributed by atoms with van der Waals surface area (Å²) in [7, 11) is 0. The quantitative estimate of drug-likeness (QED) is 0.648. The molecule has 2 aromatic heterocycles. The molecule has 1 amide bonds. The van der Waals surface area contributed by atoms with Gasteiger partial charge in [-0.05, 0) is 49.4 Å². The Bertz CT molecular complexity index is 1030. The first-order valence-corrected chi connectivity index (χ1v) is 10.9. The predicted molar refractivity (Wildman–Crippen MR) is 119 cm³/mol. The maximum Gasteiger partial charge on any atom is 0.223 e. The molecule has 0 saturated carbocycles. The van der Waals surface area contributed by atoms with E-state index in [4.69, 9.17) is 16.7 Å². The molecule has 1 aliphatic heterocycles. The fourth-order valence-electron chi connectivity index (χ4n) is 3.76. The van der Waals surface area contributed by atoms with Crippen LogP contribution in [0.5, 0.6) is 0 Å². The van der Waals surface area contributed by atoms with Crippen molar-refractivity contribution < 1.29 is 4.79 Å². The summed E-state index contributed by atoms with van der Waals surface area (Å²) in [6, 6.07) is 11.4. The van der Waals surface area contributed by atoms with Crippen molar-refractivity contribution >= 4 is 29.0 Å². The van der Waals surface area contributed by atoms with Crippen molar-refractivity contribution in [3.63, 3.8) is 0 Å². The first-order valence-electron chi connectivity index (χ1n) is 10.5. The molecule has 1 N–H and O–H groups in total. The van der Waals surface area contributed by atoms with Gasteiger partial charge >= 0.3 is 0 Å². The molecular weight excluding hydrogens is 400 g/mol. The molecule has 30 heavy (non-hydrogen) atoms. The second kappa shape index (κ2) is 9.00. The standard InChI is InChI=1S/C22H27ClN6O/c1-15(2)9-12-24-22(30)16-10-13-28(14-11-16)20-8-7-19-25-26-21(29(19)27-20)17-5-3-4-6-18(17)23/h3-8,15-16H,9-14H2,1-2H3,(H,24,30). The number of nitrogens with one attached hydrogen (secondary N) is 1.